The molecule has 0 amide bonds. The van der Waals surface area contributed by atoms with E-state index in [1.165, 1.54) is 22.3 Å². The molecule has 1 aliphatic heterocycles. The lowest BCUT2D eigenvalue weighted by Gasteiger charge is -2.49. The molecule has 2 atom stereocenters. The summed E-state index contributed by atoms with van der Waals surface area (Å²) >= 11 is 12.7. The third-order valence-electron chi connectivity index (χ3n) is 7.84. The van der Waals surface area contributed by atoms with Gasteiger partial charge in [0.25, 0.3) is 0 Å². The molecular formula is C27H25Cl2N3. The normalized spacial score (nSPS) is 25.8. The monoisotopic (exact) mass is 461 g/mol. The van der Waals surface area contributed by atoms with Crippen molar-refractivity contribution in [3.63, 3.8) is 0 Å². The minimum atomic E-state index is -0.213. The summed E-state index contributed by atoms with van der Waals surface area (Å²) in [5.74, 6) is 0.654. The Labute approximate surface area is 198 Å². The number of aryl methyl sites for hydroxylation is 1. The number of nitrogens with two attached hydrogens (primary N) is 1. The maximum Gasteiger partial charge on any atom is 0.191 e. The number of hydrogen-bond donors (Lipinski definition) is 1. The molecule has 0 saturated carbocycles. The van der Waals surface area contributed by atoms with Crippen molar-refractivity contribution in [1.29, 1.82) is 0 Å². The lowest BCUT2D eigenvalue weighted by atomic mass is 9.64. The van der Waals surface area contributed by atoms with Gasteiger partial charge in [-0.05, 0) is 77.3 Å². The fourth-order valence-corrected chi connectivity index (χ4v) is 6.85. The standard InChI is InChI=1S/C27H25Cl2N3/c1-32-16-26-14-19-5-3-2-4-17(19)8-9-27(26,31-25(32)30)15-20-7-6-18(12-24(20)26)21-10-22(28)13-23(29)11-21/h2-7,10-13H,8-9,14-16H2,1H3,(H2,30,31). The second-order valence-corrected chi connectivity index (χ2v) is 10.5. The topological polar surface area (TPSA) is 41.6 Å². The van der Waals surface area contributed by atoms with Gasteiger partial charge in [-0.25, -0.2) is 4.99 Å². The van der Waals surface area contributed by atoms with Gasteiger partial charge in [-0.15, -0.1) is 0 Å². The van der Waals surface area contributed by atoms with Crippen molar-refractivity contribution in [2.24, 2.45) is 10.7 Å². The molecule has 3 nitrogen and oxygen atoms in total. The van der Waals surface area contributed by atoms with Crippen LogP contribution >= 0.6 is 23.2 Å². The third-order valence-corrected chi connectivity index (χ3v) is 8.28. The molecule has 32 heavy (non-hydrogen) atoms. The predicted molar refractivity (Wildman–Crippen MR) is 133 cm³/mol. The van der Waals surface area contributed by atoms with E-state index in [0.717, 1.165) is 43.4 Å². The van der Waals surface area contributed by atoms with Crippen LogP contribution in [0, 0.1) is 0 Å². The highest BCUT2D eigenvalue weighted by molar-refractivity contribution is 6.35. The molecule has 2 N–H and O–H groups in total. The van der Waals surface area contributed by atoms with Crippen LogP contribution in [0.5, 0.6) is 0 Å². The van der Waals surface area contributed by atoms with Gasteiger partial charge < -0.3 is 10.6 Å². The lowest BCUT2D eigenvalue weighted by Crippen LogP contribution is -2.61. The number of likely N-dealkylation sites (N-methyl/N-ethyl adjacent to an activating group) is 1. The molecule has 2 unspecified atom stereocenters. The minimum absolute atomic E-state index is 0.120. The zero-order valence-corrected chi connectivity index (χ0v) is 19.5. The SMILES string of the molecule is CN1CC23Cc4ccccc4CCC2(Cc2ccc(-c4cc(Cl)cc(Cl)c4)cc23)N=C1N. The summed E-state index contributed by atoms with van der Waals surface area (Å²) in [5.41, 5.74) is 13.9. The zero-order chi connectivity index (χ0) is 22.1. The average Bonchev–Trinajstić information content (AvgIpc) is 2.92. The van der Waals surface area contributed by atoms with E-state index < -0.39 is 0 Å². The van der Waals surface area contributed by atoms with Gasteiger partial charge in [-0.2, -0.15) is 0 Å². The first-order chi connectivity index (χ1) is 15.4. The van der Waals surface area contributed by atoms with E-state index in [0.29, 0.717) is 16.0 Å². The largest absolute Gasteiger partial charge is 0.370 e. The van der Waals surface area contributed by atoms with Gasteiger partial charge in [-0.1, -0.05) is 65.7 Å². The summed E-state index contributed by atoms with van der Waals surface area (Å²) in [7, 11) is 2.06. The van der Waals surface area contributed by atoms with E-state index in [4.69, 9.17) is 33.9 Å². The highest BCUT2D eigenvalue weighted by atomic mass is 35.5. The molecule has 1 heterocycles. The van der Waals surface area contributed by atoms with Crippen molar-refractivity contribution >= 4 is 29.2 Å². The van der Waals surface area contributed by atoms with E-state index in [1.54, 1.807) is 6.07 Å². The number of halogens is 2. The lowest BCUT2D eigenvalue weighted by molar-refractivity contribution is 0.169. The molecular weight excluding hydrogens is 437 g/mol. The smallest absolute Gasteiger partial charge is 0.191 e. The Morgan fingerprint density at radius 3 is 2.41 bits per heavy atom. The van der Waals surface area contributed by atoms with Crippen molar-refractivity contribution in [2.75, 3.05) is 13.6 Å². The van der Waals surface area contributed by atoms with E-state index in [2.05, 4.69) is 54.4 Å². The Morgan fingerprint density at radius 2 is 1.62 bits per heavy atom. The summed E-state index contributed by atoms with van der Waals surface area (Å²) < 4.78 is 0. The first-order valence-corrected chi connectivity index (χ1v) is 11.9. The van der Waals surface area contributed by atoms with Crippen LogP contribution in [0.25, 0.3) is 11.1 Å². The molecule has 0 fully saturated rings. The molecule has 3 aromatic carbocycles. The van der Waals surface area contributed by atoms with E-state index in [1.807, 2.05) is 12.1 Å². The molecule has 162 valence electrons. The van der Waals surface area contributed by atoms with Gasteiger partial charge in [-0.3, -0.25) is 0 Å². The van der Waals surface area contributed by atoms with Crippen LogP contribution in [0.3, 0.4) is 0 Å². The first kappa shape index (κ1) is 20.1. The fraction of sp³-hybridized carbons (Fsp3) is 0.296. The van der Waals surface area contributed by atoms with Crippen molar-refractivity contribution < 1.29 is 0 Å². The van der Waals surface area contributed by atoms with Gasteiger partial charge >= 0.3 is 0 Å². The fourth-order valence-electron chi connectivity index (χ4n) is 6.32. The van der Waals surface area contributed by atoms with Crippen LogP contribution in [0.2, 0.25) is 10.0 Å². The highest BCUT2D eigenvalue weighted by Gasteiger charge is 2.61. The zero-order valence-electron chi connectivity index (χ0n) is 18.0. The number of aliphatic imine (C=N–C) groups is 1. The van der Waals surface area contributed by atoms with Crippen LogP contribution in [-0.4, -0.2) is 30.0 Å². The summed E-state index contributed by atoms with van der Waals surface area (Å²) in [6.45, 7) is 0.865. The molecule has 3 aromatic rings. The van der Waals surface area contributed by atoms with Gasteiger partial charge in [0.15, 0.2) is 5.96 Å². The molecule has 0 aromatic heterocycles. The van der Waals surface area contributed by atoms with Gasteiger partial charge in [0.2, 0.25) is 0 Å². The van der Waals surface area contributed by atoms with Crippen LogP contribution in [-0.2, 0) is 24.7 Å². The van der Waals surface area contributed by atoms with Gasteiger partial charge in [0.05, 0.1) is 5.54 Å². The molecule has 6 rings (SSSR count). The van der Waals surface area contributed by atoms with Crippen molar-refractivity contribution in [2.45, 2.75) is 36.6 Å². The highest BCUT2D eigenvalue weighted by Crippen LogP contribution is 2.56. The Morgan fingerprint density at radius 1 is 0.875 bits per heavy atom. The maximum atomic E-state index is 6.42. The molecule has 0 spiro atoms. The number of hydrogen-bond acceptors (Lipinski definition) is 3. The van der Waals surface area contributed by atoms with Crippen LogP contribution in [0.1, 0.15) is 28.7 Å². The Bertz CT molecular complexity index is 1260. The molecule has 2 aliphatic carbocycles. The number of fused-ring (bicyclic) bond motifs is 2. The summed E-state index contributed by atoms with van der Waals surface area (Å²) in [5, 5.41) is 1.30. The second kappa shape index (κ2) is 7.00. The Balaban J connectivity index is 1.58. The number of nitrogens with zero attached hydrogens (tertiary/aromatic N) is 2. The molecule has 0 radical (unpaired) electrons. The molecule has 3 aliphatic rings. The van der Waals surface area contributed by atoms with Crippen LogP contribution in [0.15, 0.2) is 65.7 Å². The molecule has 0 saturated heterocycles. The number of guanidine groups is 1. The van der Waals surface area contributed by atoms with Crippen molar-refractivity contribution in [1.82, 2.24) is 4.90 Å². The van der Waals surface area contributed by atoms with Crippen molar-refractivity contribution in [3.8, 4) is 11.1 Å². The number of benzene rings is 3. The minimum Gasteiger partial charge on any atom is -0.370 e. The molecule has 0 bridgehead atoms. The van der Waals surface area contributed by atoms with E-state index >= 15 is 0 Å². The predicted octanol–water partition coefficient (Wildman–Crippen LogP) is 5.64. The van der Waals surface area contributed by atoms with Gasteiger partial charge in [0, 0.05) is 29.1 Å². The summed E-state index contributed by atoms with van der Waals surface area (Å²) in [6, 6.07) is 21.5. The van der Waals surface area contributed by atoms with Crippen molar-refractivity contribution in [3.05, 3.63) is 93.0 Å². The number of rotatable bonds is 1. The third kappa shape index (κ3) is 2.84. The summed E-state index contributed by atoms with van der Waals surface area (Å²) in [4.78, 5) is 7.37. The van der Waals surface area contributed by atoms with Gasteiger partial charge in [0.1, 0.15) is 0 Å². The Hall–Kier alpha value is -2.49. The second-order valence-electron chi connectivity index (χ2n) is 9.59. The maximum absolute atomic E-state index is 6.42. The van der Waals surface area contributed by atoms with E-state index in [-0.39, 0.29) is 11.0 Å². The summed E-state index contributed by atoms with van der Waals surface area (Å²) in [6.07, 6.45) is 3.94. The van der Waals surface area contributed by atoms with Crippen LogP contribution in [0.4, 0.5) is 0 Å². The quantitative estimate of drug-likeness (QED) is 0.509. The van der Waals surface area contributed by atoms with E-state index in [9.17, 15) is 0 Å². The first-order valence-electron chi connectivity index (χ1n) is 11.1. The average molecular weight is 462 g/mol. The van der Waals surface area contributed by atoms with Crippen LogP contribution < -0.4 is 5.73 Å². The molecule has 5 heteroatoms. The Kier molecular flexibility index (Phi) is 4.41.